The van der Waals surface area contributed by atoms with E-state index in [9.17, 15) is 14.4 Å². The van der Waals surface area contributed by atoms with E-state index in [1.165, 1.54) is 7.11 Å². The number of carbonyl (C=O) groups is 3. The molecular formula is C37H38N4O7. The average molecular weight is 651 g/mol. The van der Waals surface area contributed by atoms with E-state index in [2.05, 4.69) is 15.6 Å². The number of hydrogen-bond donors (Lipinski definition) is 2. The molecule has 4 aromatic rings. The minimum absolute atomic E-state index is 0.111. The summed E-state index contributed by atoms with van der Waals surface area (Å²) in [7, 11) is 3.08. The molecule has 5 aliphatic rings. The van der Waals surface area contributed by atoms with Gasteiger partial charge in [0.15, 0.2) is 18.1 Å². The number of rotatable bonds is 4. The average Bonchev–Trinajstić information content (AvgIpc) is 3.50. The van der Waals surface area contributed by atoms with Crippen molar-refractivity contribution in [2.45, 2.75) is 38.5 Å². The van der Waals surface area contributed by atoms with Crippen LogP contribution in [0.4, 0.5) is 0 Å². The van der Waals surface area contributed by atoms with E-state index in [0.29, 0.717) is 40.7 Å². The summed E-state index contributed by atoms with van der Waals surface area (Å²) in [6, 6.07) is 21.7. The summed E-state index contributed by atoms with van der Waals surface area (Å²) in [6.07, 6.45) is 1.88. The Hall–Kier alpha value is -5.58. The molecule has 4 bridgehead atoms. The molecule has 2 atom stereocenters. The van der Waals surface area contributed by atoms with Crippen LogP contribution in [0.1, 0.15) is 33.6 Å². The normalized spacial score (nSPS) is 18.2. The highest BCUT2D eigenvalue weighted by Gasteiger charge is 2.39. The molecule has 0 unspecified atom stereocenters. The lowest BCUT2D eigenvalue weighted by atomic mass is 9.98. The van der Waals surface area contributed by atoms with Crippen LogP contribution in [0.25, 0.3) is 11.1 Å². The molecule has 11 heteroatoms. The largest absolute Gasteiger partial charge is 0.496 e. The minimum Gasteiger partial charge on any atom is -0.496 e. The Morgan fingerprint density at radius 2 is 1.73 bits per heavy atom. The van der Waals surface area contributed by atoms with Crippen LogP contribution >= 0.6 is 0 Å². The van der Waals surface area contributed by atoms with Gasteiger partial charge in [0.1, 0.15) is 17.6 Å². The van der Waals surface area contributed by atoms with E-state index in [1.54, 1.807) is 42.5 Å². The first kappa shape index (κ1) is 32.4. The van der Waals surface area contributed by atoms with Crippen molar-refractivity contribution in [2.75, 3.05) is 33.9 Å². The molecule has 1 aromatic heterocycles. The van der Waals surface area contributed by atoms with Gasteiger partial charge in [-0.2, -0.15) is 0 Å². The van der Waals surface area contributed by atoms with Crippen molar-refractivity contribution in [1.82, 2.24) is 20.5 Å². The van der Waals surface area contributed by atoms with Gasteiger partial charge in [0.2, 0.25) is 5.91 Å². The van der Waals surface area contributed by atoms with Gasteiger partial charge < -0.3 is 34.5 Å². The predicted molar refractivity (Wildman–Crippen MR) is 178 cm³/mol. The summed E-state index contributed by atoms with van der Waals surface area (Å²) >= 11 is 0. The maximum Gasteiger partial charge on any atom is 0.258 e. The van der Waals surface area contributed by atoms with E-state index < -0.39 is 12.1 Å². The van der Waals surface area contributed by atoms with E-state index in [-0.39, 0.29) is 50.4 Å². The standard InChI is InChI=1S/C37H38N4O7/c1-23-36(28(15-16-38-23)25-7-5-4-6-8-25)37(44)41-20-29-33(21-41)48-27-12-11-26(31(18-27)45-2)19-39-34(42)14-10-24-9-13-30(32(17-24)46-3)47-22-35(43)40-29/h4-9,11-13,15-18,29,33H,10,14,19-22H2,1-3H3,(H,39,42)(H,40,43)/t29-,33-/m1/s1. The van der Waals surface area contributed by atoms with Gasteiger partial charge in [-0.3, -0.25) is 19.4 Å². The summed E-state index contributed by atoms with van der Waals surface area (Å²) < 4.78 is 23.5. The molecule has 1 saturated heterocycles. The molecule has 5 aliphatic heterocycles. The molecule has 2 N–H and O–H groups in total. The summed E-state index contributed by atoms with van der Waals surface area (Å²) in [6.45, 7) is 2.23. The molecule has 9 rings (SSSR count). The Labute approximate surface area is 279 Å². The van der Waals surface area contributed by atoms with Crippen molar-refractivity contribution < 1.29 is 33.3 Å². The van der Waals surface area contributed by atoms with Crippen LogP contribution in [0.5, 0.6) is 23.0 Å². The fourth-order valence-corrected chi connectivity index (χ4v) is 6.09. The number of aromatic nitrogens is 1. The van der Waals surface area contributed by atoms with Crippen LogP contribution in [0.15, 0.2) is 79.0 Å². The van der Waals surface area contributed by atoms with Gasteiger partial charge in [-0.1, -0.05) is 36.4 Å². The smallest absolute Gasteiger partial charge is 0.258 e. The third-order valence-corrected chi connectivity index (χ3v) is 8.59. The van der Waals surface area contributed by atoms with Crippen molar-refractivity contribution in [3.05, 3.63) is 101 Å². The lowest BCUT2D eigenvalue weighted by Gasteiger charge is -2.22. The monoisotopic (exact) mass is 650 g/mol. The van der Waals surface area contributed by atoms with Crippen LogP contribution in [-0.4, -0.2) is 73.7 Å². The van der Waals surface area contributed by atoms with Gasteiger partial charge in [0.25, 0.3) is 11.8 Å². The van der Waals surface area contributed by atoms with Crippen molar-refractivity contribution in [1.29, 1.82) is 0 Å². The minimum atomic E-state index is -0.593. The third-order valence-electron chi connectivity index (χ3n) is 8.59. The number of ether oxygens (including phenoxy) is 4. The molecule has 3 amide bonds. The fourth-order valence-electron chi connectivity index (χ4n) is 6.09. The topological polar surface area (TPSA) is 128 Å². The van der Waals surface area contributed by atoms with Crippen molar-refractivity contribution >= 4 is 17.7 Å². The Balaban J connectivity index is 1.31. The van der Waals surface area contributed by atoms with Gasteiger partial charge in [-0.05, 0) is 60.4 Å². The van der Waals surface area contributed by atoms with E-state index in [4.69, 9.17) is 18.9 Å². The Morgan fingerprint density at radius 3 is 2.52 bits per heavy atom. The summed E-state index contributed by atoms with van der Waals surface area (Å²) in [5.41, 5.74) is 4.47. The van der Waals surface area contributed by atoms with Gasteiger partial charge >= 0.3 is 0 Å². The Bertz CT molecular complexity index is 1810. The second-order valence-corrected chi connectivity index (χ2v) is 11.7. The molecule has 6 heterocycles. The molecule has 11 nitrogen and oxygen atoms in total. The maximum absolute atomic E-state index is 14.2. The van der Waals surface area contributed by atoms with Crippen LogP contribution in [-0.2, 0) is 22.6 Å². The number of hydrogen-bond acceptors (Lipinski definition) is 8. The first-order chi connectivity index (χ1) is 23.3. The second-order valence-electron chi connectivity index (χ2n) is 11.7. The lowest BCUT2D eigenvalue weighted by Crippen LogP contribution is -2.46. The van der Waals surface area contributed by atoms with Gasteiger partial charge in [0.05, 0.1) is 38.1 Å². The van der Waals surface area contributed by atoms with E-state index in [0.717, 1.165) is 22.3 Å². The highest BCUT2D eigenvalue weighted by molar-refractivity contribution is 6.02. The quantitative estimate of drug-likeness (QED) is 0.338. The number of likely N-dealkylation sites (tertiary alicyclic amines) is 1. The molecule has 0 aliphatic carbocycles. The molecular weight excluding hydrogens is 612 g/mol. The number of methoxy groups -OCH3 is 2. The zero-order chi connectivity index (χ0) is 33.6. The number of nitrogens with zero attached hydrogens (tertiary/aromatic N) is 2. The molecule has 3 aromatic carbocycles. The van der Waals surface area contributed by atoms with Gasteiger partial charge in [0, 0.05) is 37.3 Å². The highest BCUT2D eigenvalue weighted by Crippen LogP contribution is 2.31. The number of aryl methyl sites for hydroxylation is 2. The number of nitrogens with one attached hydrogen (secondary N) is 2. The Morgan fingerprint density at radius 1 is 0.917 bits per heavy atom. The first-order valence-corrected chi connectivity index (χ1v) is 15.8. The lowest BCUT2D eigenvalue weighted by molar-refractivity contribution is -0.124. The summed E-state index contributed by atoms with van der Waals surface area (Å²) in [5, 5.41) is 5.99. The molecule has 1 fully saturated rings. The van der Waals surface area contributed by atoms with Crippen molar-refractivity contribution in [3.63, 3.8) is 0 Å². The number of pyridine rings is 1. The third kappa shape index (κ3) is 7.20. The number of benzene rings is 3. The zero-order valence-corrected chi connectivity index (χ0v) is 27.2. The molecule has 0 saturated carbocycles. The van der Waals surface area contributed by atoms with Crippen molar-refractivity contribution in [3.8, 4) is 34.1 Å². The van der Waals surface area contributed by atoms with Crippen LogP contribution in [0, 0.1) is 6.92 Å². The zero-order valence-electron chi connectivity index (χ0n) is 27.2. The Kier molecular flexibility index (Phi) is 9.75. The van der Waals surface area contributed by atoms with Gasteiger partial charge in [-0.25, -0.2) is 0 Å². The van der Waals surface area contributed by atoms with Crippen LogP contribution < -0.4 is 29.6 Å². The van der Waals surface area contributed by atoms with Gasteiger partial charge in [-0.15, -0.1) is 0 Å². The molecule has 48 heavy (non-hydrogen) atoms. The van der Waals surface area contributed by atoms with Crippen molar-refractivity contribution in [2.24, 2.45) is 0 Å². The first-order valence-electron chi connectivity index (χ1n) is 15.8. The highest BCUT2D eigenvalue weighted by atomic mass is 16.5. The van der Waals surface area contributed by atoms with Crippen LogP contribution in [0.3, 0.4) is 0 Å². The van der Waals surface area contributed by atoms with Crippen LogP contribution in [0.2, 0.25) is 0 Å². The summed E-state index contributed by atoms with van der Waals surface area (Å²) in [5.74, 6) is 1.20. The van der Waals surface area contributed by atoms with E-state index >= 15 is 0 Å². The summed E-state index contributed by atoms with van der Waals surface area (Å²) in [4.78, 5) is 46.3. The molecule has 0 spiro atoms. The SMILES string of the molecule is COc1cc2ccc1CNC(=O)CCc1ccc(c(OC)c1)OCC(=O)N[C@@H]1CN(C(=O)c3c(-c4ccccc4)ccnc3C)C[C@H]1O2. The fraction of sp³-hybridized carbons (Fsp3) is 0.297. The molecule has 248 valence electrons. The maximum atomic E-state index is 14.2. The van der Waals surface area contributed by atoms with E-state index in [1.807, 2.05) is 55.5 Å². The molecule has 0 radical (unpaired) electrons. The second kappa shape index (κ2) is 14.5. The number of carbonyl (C=O) groups excluding carboxylic acids is 3. The number of amides is 3. The predicted octanol–water partition coefficient (Wildman–Crippen LogP) is 4.10.